The lowest BCUT2D eigenvalue weighted by molar-refractivity contribution is -0.0143. The predicted molar refractivity (Wildman–Crippen MR) is 85.7 cm³/mol. The van der Waals surface area contributed by atoms with E-state index in [-0.39, 0.29) is 19.4 Å². The predicted octanol–water partition coefficient (Wildman–Crippen LogP) is 2.19. The first-order chi connectivity index (χ1) is 10.2. The highest BCUT2D eigenvalue weighted by atomic mass is 16.5. The van der Waals surface area contributed by atoms with Gasteiger partial charge in [0.05, 0.1) is 25.9 Å². The van der Waals surface area contributed by atoms with Crippen molar-refractivity contribution in [1.29, 1.82) is 0 Å². The maximum Gasteiger partial charge on any atom is 0.128 e. The van der Waals surface area contributed by atoms with Crippen LogP contribution in [0.15, 0.2) is 0 Å². The van der Waals surface area contributed by atoms with Gasteiger partial charge in [-0.25, -0.2) is 0 Å². The molecular weight excluding hydrogens is 284 g/mol. The molecule has 0 saturated heterocycles. The molecule has 0 aliphatic carbocycles. The van der Waals surface area contributed by atoms with E-state index in [0.29, 0.717) is 17.1 Å². The van der Waals surface area contributed by atoms with E-state index in [1.54, 1.807) is 21.1 Å². The molecule has 1 rings (SSSR count). The van der Waals surface area contributed by atoms with E-state index in [2.05, 4.69) is 0 Å². The topological polar surface area (TPSA) is 79.2 Å². The molecule has 0 saturated carbocycles. The summed E-state index contributed by atoms with van der Waals surface area (Å²) in [6.07, 6.45) is -0.603. The van der Waals surface area contributed by atoms with Gasteiger partial charge in [0.25, 0.3) is 0 Å². The summed E-state index contributed by atoms with van der Waals surface area (Å²) in [7, 11) is 3.16. The maximum atomic E-state index is 10.6. The summed E-state index contributed by atoms with van der Waals surface area (Å²) in [6.45, 7) is 7.20. The Morgan fingerprint density at radius 1 is 1.00 bits per heavy atom. The summed E-state index contributed by atoms with van der Waals surface area (Å²) in [5, 5.41) is 29.9. The number of ether oxygens (including phenoxy) is 2. The Kier molecular flexibility index (Phi) is 6.23. The van der Waals surface area contributed by atoms with Crippen molar-refractivity contribution < 1.29 is 24.8 Å². The molecular formula is C17H28O5. The third kappa shape index (κ3) is 3.72. The van der Waals surface area contributed by atoms with Crippen LogP contribution in [0.3, 0.4) is 0 Å². The average Bonchev–Trinajstić information content (AvgIpc) is 2.42. The molecule has 1 aromatic carbocycles. The van der Waals surface area contributed by atoms with Crippen LogP contribution in [0.2, 0.25) is 0 Å². The van der Waals surface area contributed by atoms with Crippen LogP contribution in [0, 0.1) is 20.8 Å². The van der Waals surface area contributed by atoms with Crippen molar-refractivity contribution in [3.8, 4) is 11.5 Å². The first kappa shape index (κ1) is 18.7. The van der Waals surface area contributed by atoms with Gasteiger partial charge in [0.15, 0.2) is 0 Å². The monoisotopic (exact) mass is 312 g/mol. The van der Waals surface area contributed by atoms with Gasteiger partial charge in [0, 0.05) is 24.2 Å². The van der Waals surface area contributed by atoms with Crippen molar-refractivity contribution in [3.63, 3.8) is 0 Å². The Morgan fingerprint density at radius 2 is 1.50 bits per heavy atom. The minimum absolute atomic E-state index is 0.108. The second-order valence-electron chi connectivity index (χ2n) is 6.05. The van der Waals surface area contributed by atoms with Crippen LogP contribution in [0.4, 0.5) is 0 Å². The second kappa shape index (κ2) is 7.31. The standard InChI is InChI=1S/C17H28O5/c1-10-11(2)16(22-6)14(12(3)15(10)21-5)13(19)9-17(4,20)7-8-18/h13,18-20H,7-9H2,1-6H3/t13?,17-/m1/s1. The fraction of sp³-hybridized carbons (Fsp3) is 0.647. The van der Waals surface area contributed by atoms with Gasteiger partial charge in [0.1, 0.15) is 11.5 Å². The maximum absolute atomic E-state index is 10.6. The molecule has 0 radical (unpaired) electrons. The largest absolute Gasteiger partial charge is 0.496 e. The molecule has 1 aromatic rings. The zero-order valence-corrected chi connectivity index (χ0v) is 14.4. The third-order valence-corrected chi connectivity index (χ3v) is 4.26. The fourth-order valence-electron chi connectivity index (χ4n) is 2.95. The molecule has 0 fully saturated rings. The molecule has 1 unspecified atom stereocenters. The van der Waals surface area contributed by atoms with Gasteiger partial charge >= 0.3 is 0 Å². The van der Waals surface area contributed by atoms with Gasteiger partial charge in [-0.2, -0.15) is 0 Å². The van der Waals surface area contributed by atoms with Gasteiger partial charge in [-0.05, 0) is 45.2 Å². The number of aliphatic hydroxyl groups excluding tert-OH is 2. The van der Waals surface area contributed by atoms with Crippen molar-refractivity contribution in [3.05, 3.63) is 22.3 Å². The zero-order valence-electron chi connectivity index (χ0n) is 14.4. The Bertz CT molecular complexity index is 523. The number of rotatable bonds is 7. The first-order valence-electron chi connectivity index (χ1n) is 7.43. The molecule has 3 N–H and O–H groups in total. The smallest absolute Gasteiger partial charge is 0.128 e. The lowest BCUT2D eigenvalue weighted by Gasteiger charge is -2.28. The van der Waals surface area contributed by atoms with E-state index >= 15 is 0 Å². The molecule has 0 aromatic heterocycles. The summed E-state index contributed by atoms with van der Waals surface area (Å²) < 4.78 is 10.9. The van der Waals surface area contributed by atoms with Gasteiger partial charge < -0.3 is 24.8 Å². The third-order valence-electron chi connectivity index (χ3n) is 4.26. The highest BCUT2D eigenvalue weighted by molar-refractivity contribution is 5.58. The van der Waals surface area contributed by atoms with Crippen LogP contribution in [0.1, 0.15) is 48.1 Å². The number of benzene rings is 1. The molecule has 2 atom stereocenters. The highest BCUT2D eigenvalue weighted by Crippen LogP contribution is 2.42. The number of methoxy groups -OCH3 is 2. The van der Waals surface area contributed by atoms with Crippen LogP contribution in [0.5, 0.6) is 11.5 Å². The van der Waals surface area contributed by atoms with Crippen molar-refractivity contribution >= 4 is 0 Å². The highest BCUT2D eigenvalue weighted by Gasteiger charge is 2.30. The van der Waals surface area contributed by atoms with Gasteiger partial charge in [-0.3, -0.25) is 0 Å². The zero-order chi connectivity index (χ0) is 17.1. The van der Waals surface area contributed by atoms with Crippen LogP contribution in [0.25, 0.3) is 0 Å². The molecule has 0 spiro atoms. The lowest BCUT2D eigenvalue weighted by Crippen LogP contribution is -2.28. The summed E-state index contributed by atoms with van der Waals surface area (Å²) in [4.78, 5) is 0. The van der Waals surface area contributed by atoms with E-state index < -0.39 is 11.7 Å². The van der Waals surface area contributed by atoms with E-state index in [4.69, 9.17) is 14.6 Å². The average molecular weight is 312 g/mol. The van der Waals surface area contributed by atoms with Gasteiger partial charge in [-0.15, -0.1) is 0 Å². The summed E-state index contributed by atoms with van der Waals surface area (Å²) >= 11 is 0. The molecule has 0 bridgehead atoms. The van der Waals surface area contributed by atoms with Gasteiger partial charge in [-0.1, -0.05) is 0 Å². The first-order valence-corrected chi connectivity index (χ1v) is 7.43. The molecule has 0 aliphatic rings. The molecule has 5 heteroatoms. The summed E-state index contributed by atoms with van der Waals surface area (Å²) in [6, 6.07) is 0. The molecule has 126 valence electrons. The van der Waals surface area contributed by atoms with E-state index in [1.807, 2.05) is 20.8 Å². The quantitative estimate of drug-likeness (QED) is 0.719. The minimum Gasteiger partial charge on any atom is -0.496 e. The number of hydrogen-bond donors (Lipinski definition) is 3. The van der Waals surface area contributed by atoms with E-state index in [9.17, 15) is 10.2 Å². The fourth-order valence-corrected chi connectivity index (χ4v) is 2.95. The Balaban J connectivity index is 3.36. The molecule has 0 aliphatic heterocycles. The van der Waals surface area contributed by atoms with E-state index in [1.165, 1.54) is 0 Å². The van der Waals surface area contributed by atoms with Crippen LogP contribution < -0.4 is 9.47 Å². The molecule has 5 nitrogen and oxygen atoms in total. The van der Waals surface area contributed by atoms with Crippen LogP contribution in [-0.4, -0.2) is 41.7 Å². The Hall–Kier alpha value is -1.30. The Labute approximate surface area is 132 Å². The van der Waals surface area contributed by atoms with Crippen LogP contribution >= 0.6 is 0 Å². The van der Waals surface area contributed by atoms with Crippen molar-refractivity contribution in [2.24, 2.45) is 0 Å². The molecule has 0 amide bonds. The summed E-state index contributed by atoms with van der Waals surface area (Å²) in [5.41, 5.74) is 2.14. The van der Waals surface area contributed by atoms with E-state index in [0.717, 1.165) is 16.7 Å². The minimum atomic E-state index is -1.16. The van der Waals surface area contributed by atoms with Gasteiger partial charge in [0.2, 0.25) is 0 Å². The Morgan fingerprint density at radius 3 is 1.95 bits per heavy atom. The normalized spacial score (nSPS) is 15.3. The van der Waals surface area contributed by atoms with Crippen molar-refractivity contribution in [2.45, 2.75) is 52.2 Å². The number of hydrogen-bond acceptors (Lipinski definition) is 5. The summed E-state index contributed by atoms with van der Waals surface area (Å²) in [5.74, 6) is 1.33. The van der Waals surface area contributed by atoms with Crippen LogP contribution in [-0.2, 0) is 0 Å². The van der Waals surface area contributed by atoms with Crippen molar-refractivity contribution in [1.82, 2.24) is 0 Å². The lowest BCUT2D eigenvalue weighted by atomic mass is 9.87. The number of aliphatic hydroxyl groups is 3. The second-order valence-corrected chi connectivity index (χ2v) is 6.05. The SMILES string of the molecule is COc1c(C)c(C)c(OC)c(C(O)C[C@](C)(O)CCO)c1C. The molecule has 22 heavy (non-hydrogen) atoms. The van der Waals surface area contributed by atoms with Crippen molar-refractivity contribution in [2.75, 3.05) is 20.8 Å². The molecule has 0 heterocycles.